The average molecular weight is 199 g/mol. The molecule has 2 nitrogen and oxygen atoms in total. The predicted molar refractivity (Wildman–Crippen MR) is 60.4 cm³/mol. The van der Waals surface area contributed by atoms with Gasteiger partial charge in [0.15, 0.2) is 0 Å². The van der Waals surface area contributed by atoms with Crippen LogP contribution in [-0.2, 0) is 0 Å². The van der Waals surface area contributed by atoms with Crippen molar-refractivity contribution in [3.05, 3.63) is 0 Å². The second-order valence-electron chi connectivity index (χ2n) is 4.75. The molecule has 1 N–H and O–H groups in total. The molecular formula is C12H25NO. The lowest BCUT2D eigenvalue weighted by atomic mass is 9.90. The van der Waals surface area contributed by atoms with Crippen LogP contribution in [0.25, 0.3) is 0 Å². The zero-order valence-electron chi connectivity index (χ0n) is 9.87. The van der Waals surface area contributed by atoms with Crippen molar-refractivity contribution in [2.24, 2.45) is 0 Å². The monoisotopic (exact) mass is 199 g/mol. The Kier molecular flexibility index (Phi) is 4.90. The molecule has 2 atom stereocenters. The Morgan fingerprint density at radius 3 is 2.43 bits per heavy atom. The van der Waals surface area contributed by atoms with Gasteiger partial charge in [0.05, 0.1) is 6.10 Å². The van der Waals surface area contributed by atoms with Crippen molar-refractivity contribution in [3.8, 4) is 0 Å². The van der Waals surface area contributed by atoms with Crippen LogP contribution in [0, 0.1) is 0 Å². The summed E-state index contributed by atoms with van der Waals surface area (Å²) in [6.45, 7) is 7.80. The second kappa shape index (κ2) is 5.72. The van der Waals surface area contributed by atoms with Crippen LogP contribution >= 0.6 is 0 Å². The van der Waals surface area contributed by atoms with Gasteiger partial charge in [0.25, 0.3) is 0 Å². The Morgan fingerprint density at radius 2 is 1.93 bits per heavy atom. The lowest BCUT2D eigenvalue weighted by Crippen LogP contribution is -2.48. The van der Waals surface area contributed by atoms with E-state index >= 15 is 0 Å². The molecule has 0 unspecified atom stereocenters. The normalized spacial score (nSPS) is 28.7. The first-order valence-corrected chi connectivity index (χ1v) is 6.10. The first kappa shape index (κ1) is 12.0. The van der Waals surface area contributed by atoms with E-state index in [1.54, 1.807) is 0 Å². The molecule has 1 aliphatic carbocycles. The molecule has 0 bridgehead atoms. The van der Waals surface area contributed by atoms with Gasteiger partial charge in [-0.3, -0.25) is 4.90 Å². The topological polar surface area (TPSA) is 23.5 Å². The maximum atomic E-state index is 9.97. The van der Waals surface area contributed by atoms with E-state index in [9.17, 15) is 5.11 Å². The standard InChI is InChI=1S/C12H25NO/c1-4-9-13(10(2)3)11-7-5-6-8-12(11)14/h10-12,14H,4-9H2,1-3H3/t11-,12-/m1/s1. The lowest BCUT2D eigenvalue weighted by Gasteiger charge is -2.40. The summed E-state index contributed by atoms with van der Waals surface area (Å²) in [4.78, 5) is 2.48. The zero-order valence-corrected chi connectivity index (χ0v) is 9.87. The van der Waals surface area contributed by atoms with Gasteiger partial charge in [-0.1, -0.05) is 19.8 Å². The van der Waals surface area contributed by atoms with E-state index in [-0.39, 0.29) is 6.10 Å². The number of hydrogen-bond acceptors (Lipinski definition) is 2. The van der Waals surface area contributed by atoms with Gasteiger partial charge in [0.1, 0.15) is 0 Å². The molecule has 0 amide bonds. The van der Waals surface area contributed by atoms with E-state index in [0.717, 1.165) is 13.0 Å². The molecular weight excluding hydrogens is 174 g/mol. The van der Waals surface area contributed by atoms with Gasteiger partial charge in [-0.25, -0.2) is 0 Å². The first-order valence-electron chi connectivity index (χ1n) is 6.10. The van der Waals surface area contributed by atoms with Crippen LogP contribution in [0.1, 0.15) is 52.9 Å². The fourth-order valence-corrected chi connectivity index (χ4v) is 2.54. The van der Waals surface area contributed by atoms with Gasteiger partial charge in [-0.15, -0.1) is 0 Å². The summed E-state index contributed by atoms with van der Waals surface area (Å²) in [7, 11) is 0. The summed E-state index contributed by atoms with van der Waals surface area (Å²) in [5.74, 6) is 0. The van der Waals surface area contributed by atoms with Crippen molar-refractivity contribution in [2.75, 3.05) is 6.54 Å². The quantitative estimate of drug-likeness (QED) is 0.751. The number of aliphatic hydroxyl groups is 1. The molecule has 1 saturated carbocycles. The maximum Gasteiger partial charge on any atom is 0.0695 e. The van der Waals surface area contributed by atoms with E-state index in [0.29, 0.717) is 12.1 Å². The second-order valence-corrected chi connectivity index (χ2v) is 4.75. The highest BCUT2D eigenvalue weighted by molar-refractivity contribution is 4.84. The molecule has 0 spiro atoms. The maximum absolute atomic E-state index is 9.97. The summed E-state index contributed by atoms with van der Waals surface area (Å²) in [6.07, 6.45) is 5.76. The summed E-state index contributed by atoms with van der Waals surface area (Å²) in [5.41, 5.74) is 0. The Balaban J connectivity index is 2.55. The molecule has 0 radical (unpaired) electrons. The molecule has 0 saturated heterocycles. The van der Waals surface area contributed by atoms with Gasteiger partial charge in [-0.2, -0.15) is 0 Å². The number of rotatable bonds is 4. The smallest absolute Gasteiger partial charge is 0.0695 e. The molecule has 1 rings (SSSR count). The first-order chi connectivity index (χ1) is 6.66. The molecule has 0 heterocycles. The van der Waals surface area contributed by atoms with E-state index in [2.05, 4.69) is 25.7 Å². The average Bonchev–Trinajstić information content (AvgIpc) is 2.15. The highest BCUT2D eigenvalue weighted by Crippen LogP contribution is 2.24. The third-order valence-electron chi connectivity index (χ3n) is 3.27. The molecule has 0 aromatic heterocycles. The van der Waals surface area contributed by atoms with Gasteiger partial charge >= 0.3 is 0 Å². The van der Waals surface area contributed by atoms with Crippen LogP contribution < -0.4 is 0 Å². The largest absolute Gasteiger partial charge is 0.391 e. The summed E-state index contributed by atoms with van der Waals surface area (Å²) < 4.78 is 0. The number of aliphatic hydroxyl groups excluding tert-OH is 1. The van der Waals surface area contributed by atoms with Crippen LogP contribution in [0.2, 0.25) is 0 Å². The van der Waals surface area contributed by atoms with E-state index in [1.165, 1.54) is 25.7 Å². The molecule has 0 aliphatic heterocycles. The molecule has 14 heavy (non-hydrogen) atoms. The van der Waals surface area contributed by atoms with Crippen LogP contribution in [0.3, 0.4) is 0 Å². The van der Waals surface area contributed by atoms with Gasteiger partial charge in [0.2, 0.25) is 0 Å². The van der Waals surface area contributed by atoms with Gasteiger partial charge < -0.3 is 5.11 Å². The van der Waals surface area contributed by atoms with Crippen molar-refractivity contribution in [1.29, 1.82) is 0 Å². The molecule has 1 fully saturated rings. The minimum absolute atomic E-state index is 0.0855. The van der Waals surface area contributed by atoms with Crippen LogP contribution in [-0.4, -0.2) is 34.7 Å². The van der Waals surface area contributed by atoms with Crippen molar-refractivity contribution in [2.45, 2.75) is 71.1 Å². The van der Waals surface area contributed by atoms with Crippen molar-refractivity contribution < 1.29 is 5.11 Å². The fraction of sp³-hybridized carbons (Fsp3) is 1.00. The zero-order chi connectivity index (χ0) is 10.6. The van der Waals surface area contributed by atoms with Crippen LogP contribution in [0.4, 0.5) is 0 Å². The highest BCUT2D eigenvalue weighted by Gasteiger charge is 2.29. The third kappa shape index (κ3) is 2.96. The van der Waals surface area contributed by atoms with Crippen molar-refractivity contribution in [1.82, 2.24) is 4.90 Å². The predicted octanol–water partition coefficient (Wildman–Crippen LogP) is 2.41. The Bertz CT molecular complexity index is 156. The minimum Gasteiger partial charge on any atom is -0.391 e. The lowest BCUT2D eigenvalue weighted by molar-refractivity contribution is 0.00500. The Labute approximate surface area is 88.3 Å². The van der Waals surface area contributed by atoms with Crippen LogP contribution in [0.15, 0.2) is 0 Å². The summed E-state index contributed by atoms with van der Waals surface area (Å²) in [5, 5.41) is 9.97. The molecule has 2 heteroatoms. The summed E-state index contributed by atoms with van der Waals surface area (Å²) in [6, 6.07) is 0.983. The summed E-state index contributed by atoms with van der Waals surface area (Å²) >= 11 is 0. The molecule has 1 aliphatic rings. The Morgan fingerprint density at radius 1 is 1.29 bits per heavy atom. The third-order valence-corrected chi connectivity index (χ3v) is 3.27. The fourth-order valence-electron chi connectivity index (χ4n) is 2.54. The van der Waals surface area contributed by atoms with E-state index < -0.39 is 0 Å². The highest BCUT2D eigenvalue weighted by atomic mass is 16.3. The number of nitrogens with zero attached hydrogens (tertiary/aromatic N) is 1. The van der Waals surface area contributed by atoms with Gasteiger partial charge in [-0.05, 0) is 39.7 Å². The van der Waals surface area contributed by atoms with Crippen molar-refractivity contribution in [3.63, 3.8) is 0 Å². The van der Waals surface area contributed by atoms with E-state index in [1.807, 2.05) is 0 Å². The molecule has 0 aromatic carbocycles. The SMILES string of the molecule is CCCN(C(C)C)[C@@H]1CCCC[C@H]1O. The minimum atomic E-state index is -0.0855. The molecule has 84 valence electrons. The molecule has 0 aromatic rings. The van der Waals surface area contributed by atoms with Crippen molar-refractivity contribution >= 4 is 0 Å². The van der Waals surface area contributed by atoms with E-state index in [4.69, 9.17) is 0 Å². The van der Waals surface area contributed by atoms with Crippen LogP contribution in [0.5, 0.6) is 0 Å². The number of hydrogen-bond donors (Lipinski definition) is 1. The Hall–Kier alpha value is -0.0800. The van der Waals surface area contributed by atoms with Gasteiger partial charge in [0, 0.05) is 12.1 Å².